The topological polar surface area (TPSA) is 48.7 Å². The van der Waals surface area contributed by atoms with Crippen molar-refractivity contribution in [1.82, 2.24) is 0 Å². The zero-order chi connectivity index (χ0) is 18.3. The summed E-state index contributed by atoms with van der Waals surface area (Å²) in [5.41, 5.74) is 5.50. The molecule has 0 unspecified atom stereocenters. The minimum absolute atomic E-state index is 0.226. The number of furan rings is 1. The molecule has 1 aromatic heterocycles. The highest BCUT2D eigenvalue weighted by molar-refractivity contribution is 8.19. The Morgan fingerprint density at radius 3 is 2.77 bits per heavy atom. The van der Waals surface area contributed by atoms with Gasteiger partial charge in [-0.25, -0.2) is 0 Å². The molecule has 6 heteroatoms. The molecule has 1 atom stereocenters. The van der Waals surface area contributed by atoms with E-state index >= 15 is 0 Å². The average Bonchev–Trinajstić information content (AvgIpc) is 3.28. The van der Waals surface area contributed by atoms with Crippen molar-refractivity contribution in [3.05, 3.63) is 34.6 Å². The summed E-state index contributed by atoms with van der Waals surface area (Å²) in [6.07, 6.45) is 7.11. The number of benzene rings is 1. The van der Waals surface area contributed by atoms with Crippen LogP contribution in [0.5, 0.6) is 5.75 Å². The van der Waals surface area contributed by atoms with Gasteiger partial charge in [-0.3, -0.25) is 4.79 Å². The van der Waals surface area contributed by atoms with E-state index in [9.17, 15) is 4.79 Å². The van der Waals surface area contributed by atoms with Gasteiger partial charge in [-0.1, -0.05) is 19.1 Å². The van der Waals surface area contributed by atoms with Crippen molar-refractivity contribution >= 4 is 46.5 Å². The number of methoxy groups -OCH3 is 1. The third-order valence-corrected chi connectivity index (χ3v) is 7.96. The van der Waals surface area contributed by atoms with E-state index in [0.29, 0.717) is 10.5 Å². The minimum Gasteiger partial charge on any atom is -0.492 e. The van der Waals surface area contributed by atoms with Crippen LogP contribution in [-0.2, 0) is 16.1 Å². The highest BCUT2D eigenvalue weighted by Gasteiger charge is 2.33. The monoisotopic (exact) mass is 390 g/mol. The molecule has 0 bridgehead atoms. The molecule has 0 radical (unpaired) electrons. The van der Waals surface area contributed by atoms with Crippen molar-refractivity contribution in [3.8, 4) is 5.75 Å². The zero-order valence-electron chi connectivity index (χ0n) is 15.2. The summed E-state index contributed by atoms with van der Waals surface area (Å²) in [4.78, 5) is 11.3. The molecule has 0 amide bonds. The number of hydrogen-bond acceptors (Lipinski definition) is 6. The lowest BCUT2D eigenvalue weighted by atomic mass is 9.83. The molecule has 4 rings (SSSR count). The summed E-state index contributed by atoms with van der Waals surface area (Å²) in [6.45, 7) is 3.93. The molecule has 2 heterocycles. The van der Waals surface area contributed by atoms with Gasteiger partial charge in [0.2, 0.25) is 0 Å². The molecular weight excluding hydrogens is 368 g/mol. The highest BCUT2D eigenvalue weighted by Crippen LogP contribution is 2.55. The molecular formula is C20H22O4S2. The molecule has 0 spiro atoms. The Labute approximate surface area is 161 Å². The van der Waals surface area contributed by atoms with E-state index in [4.69, 9.17) is 13.9 Å². The third kappa shape index (κ3) is 2.93. The smallest absolute Gasteiger partial charge is 0.302 e. The van der Waals surface area contributed by atoms with Gasteiger partial charge < -0.3 is 13.9 Å². The molecule has 1 saturated heterocycles. The fraction of sp³-hybridized carbons (Fsp3) is 0.450. The summed E-state index contributed by atoms with van der Waals surface area (Å²) in [5, 5.41) is 1.07. The SMILES string of the molecule is COc1c2c(c(C3SCCS3)c3c(COC(C)=O)coc13)[C@@H](C)CC=C2. The molecule has 2 aromatic rings. The second-order valence-electron chi connectivity index (χ2n) is 6.63. The van der Waals surface area contributed by atoms with E-state index < -0.39 is 0 Å². The Morgan fingerprint density at radius 2 is 2.08 bits per heavy atom. The Morgan fingerprint density at radius 1 is 1.31 bits per heavy atom. The summed E-state index contributed by atoms with van der Waals surface area (Å²) in [6, 6.07) is 0. The Balaban J connectivity index is 2.01. The number of hydrogen-bond donors (Lipinski definition) is 0. The fourth-order valence-corrected chi connectivity index (χ4v) is 6.83. The number of ether oxygens (including phenoxy) is 2. The summed E-state index contributed by atoms with van der Waals surface area (Å²) in [5.74, 6) is 3.22. The van der Waals surface area contributed by atoms with Crippen molar-refractivity contribution in [2.75, 3.05) is 18.6 Å². The maximum absolute atomic E-state index is 11.3. The Bertz CT molecular complexity index is 878. The lowest BCUT2D eigenvalue weighted by Gasteiger charge is -2.27. The van der Waals surface area contributed by atoms with Crippen LogP contribution >= 0.6 is 23.5 Å². The first-order valence-electron chi connectivity index (χ1n) is 8.78. The van der Waals surface area contributed by atoms with Crippen LogP contribution in [0.25, 0.3) is 17.0 Å². The van der Waals surface area contributed by atoms with Crippen LogP contribution in [0.15, 0.2) is 16.8 Å². The van der Waals surface area contributed by atoms with Crippen molar-refractivity contribution in [2.24, 2.45) is 0 Å². The summed E-state index contributed by atoms with van der Waals surface area (Å²) < 4.78 is 17.4. The van der Waals surface area contributed by atoms with Gasteiger partial charge >= 0.3 is 5.97 Å². The number of carbonyl (C=O) groups is 1. The maximum Gasteiger partial charge on any atom is 0.302 e. The Kier molecular flexibility index (Phi) is 4.97. The largest absolute Gasteiger partial charge is 0.492 e. The van der Waals surface area contributed by atoms with Gasteiger partial charge in [0.1, 0.15) is 6.61 Å². The van der Waals surface area contributed by atoms with E-state index in [0.717, 1.165) is 45.8 Å². The van der Waals surface area contributed by atoms with Crippen molar-refractivity contribution in [3.63, 3.8) is 0 Å². The second kappa shape index (κ2) is 7.24. The molecule has 1 aromatic carbocycles. The maximum atomic E-state index is 11.3. The molecule has 1 fully saturated rings. The van der Waals surface area contributed by atoms with Crippen LogP contribution < -0.4 is 4.74 Å². The summed E-state index contributed by atoms with van der Waals surface area (Å²) >= 11 is 3.97. The molecule has 0 saturated carbocycles. The lowest BCUT2D eigenvalue weighted by Crippen LogP contribution is -2.09. The van der Waals surface area contributed by atoms with Crippen molar-refractivity contribution in [2.45, 2.75) is 37.4 Å². The zero-order valence-corrected chi connectivity index (χ0v) is 16.8. The number of esters is 1. The number of rotatable bonds is 4. The van der Waals surface area contributed by atoms with E-state index in [1.807, 2.05) is 23.5 Å². The quantitative estimate of drug-likeness (QED) is 0.642. The van der Waals surface area contributed by atoms with Crippen LogP contribution in [0.1, 0.15) is 53.0 Å². The molecule has 138 valence electrons. The van der Waals surface area contributed by atoms with Crippen LogP contribution in [-0.4, -0.2) is 24.6 Å². The van der Waals surface area contributed by atoms with E-state index in [1.54, 1.807) is 13.4 Å². The van der Waals surface area contributed by atoms with E-state index in [1.165, 1.54) is 18.1 Å². The molecule has 0 N–H and O–H groups in total. The van der Waals surface area contributed by atoms with Gasteiger partial charge in [-0.2, -0.15) is 0 Å². The predicted octanol–water partition coefficient (Wildman–Crippen LogP) is 5.50. The fourth-order valence-electron chi connectivity index (χ4n) is 3.84. The third-order valence-electron chi connectivity index (χ3n) is 4.93. The minimum atomic E-state index is -0.285. The van der Waals surface area contributed by atoms with Gasteiger partial charge in [0, 0.05) is 34.9 Å². The van der Waals surface area contributed by atoms with E-state index in [2.05, 4.69) is 19.1 Å². The highest BCUT2D eigenvalue weighted by atomic mass is 32.2. The molecule has 4 nitrogen and oxygen atoms in total. The standard InChI is InChI=1S/C20H22O4S2/c1-11-5-4-6-14-15(11)17(20-25-7-8-26-20)16-13(9-23-12(2)21)10-24-19(16)18(14)22-3/h4,6,10-11,20H,5,7-9H2,1-3H3/t11-/m0/s1. The molecule has 2 aliphatic rings. The first kappa shape index (κ1) is 17.9. The van der Waals surface area contributed by atoms with Gasteiger partial charge in [-0.15, -0.1) is 23.5 Å². The van der Waals surface area contributed by atoms with Gasteiger partial charge in [0.15, 0.2) is 11.3 Å². The lowest BCUT2D eigenvalue weighted by molar-refractivity contribution is -0.142. The number of fused-ring (bicyclic) bond motifs is 2. The van der Waals surface area contributed by atoms with Crippen LogP contribution in [0.4, 0.5) is 0 Å². The van der Waals surface area contributed by atoms with Gasteiger partial charge in [0.05, 0.1) is 18.0 Å². The van der Waals surface area contributed by atoms with Crippen molar-refractivity contribution < 1.29 is 18.7 Å². The average molecular weight is 391 g/mol. The first-order chi connectivity index (χ1) is 12.6. The number of allylic oxidation sites excluding steroid dienone is 1. The summed E-state index contributed by atoms with van der Waals surface area (Å²) in [7, 11) is 1.69. The molecule has 26 heavy (non-hydrogen) atoms. The van der Waals surface area contributed by atoms with Crippen LogP contribution in [0.3, 0.4) is 0 Å². The van der Waals surface area contributed by atoms with E-state index in [-0.39, 0.29) is 12.6 Å². The number of carbonyl (C=O) groups excluding carboxylic acids is 1. The van der Waals surface area contributed by atoms with Gasteiger partial charge in [-0.05, 0) is 23.5 Å². The predicted molar refractivity (Wildman–Crippen MR) is 108 cm³/mol. The Hall–Kier alpha value is -1.53. The van der Waals surface area contributed by atoms with Crippen LogP contribution in [0.2, 0.25) is 0 Å². The van der Waals surface area contributed by atoms with Gasteiger partial charge in [0.25, 0.3) is 0 Å². The second-order valence-corrected chi connectivity index (χ2v) is 9.36. The molecule has 1 aliphatic carbocycles. The molecule has 1 aliphatic heterocycles. The van der Waals surface area contributed by atoms with Crippen molar-refractivity contribution in [1.29, 1.82) is 0 Å². The normalized spacial score (nSPS) is 19.7. The number of thioether (sulfide) groups is 2. The van der Waals surface area contributed by atoms with Crippen LogP contribution in [0, 0.1) is 0 Å². The first-order valence-corrected chi connectivity index (χ1v) is 10.9.